The molecule has 1 rings (SSSR count). The van der Waals surface area contributed by atoms with Gasteiger partial charge < -0.3 is 15.5 Å². The van der Waals surface area contributed by atoms with Crippen LogP contribution in [0.5, 0.6) is 0 Å². The molecule has 0 amide bonds. The van der Waals surface area contributed by atoms with Gasteiger partial charge in [0.15, 0.2) is 0 Å². The molecule has 0 spiro atoms. The summed E-state index contributed by atoms with van der Waals surface area (Å²) >= 11 is 0. The molecular formula is C10H21NO2. The molecule has 0 bridgehead atoms. The van der Waals surface area contributed by atoms with E-state index in [1.165, 1.54) is 12.8 Å². The molecule has 0 aromatic heterocycles. The van der Waals surface area contributed by atoms with E-state index in [2.05, 4.69) is 12.2 Å². The lowest BCUT2D eigenvalue weighted by atomic mass is 9.93. The SMILES string of the molecule is CCC1CC1NCC(C)(CO)CO. The molecule has 0 aromatic carbocycles. The Hall–Kier alpha value is -0.120. The predicted molar refractivity (Wildman–Crippen MR) is 52.5 cm³/mol. The lowest BCUT2D eigenvalue weighted by molar-refractivity contribution is 0.0692. The Labute approximate surface area is 80.2 Å². The van der Waals surface area contributed by atoms with Crippen LogP contribution < -0.4 is 5.32 Å². The van der Waals surface area contributed by atoms with Gasteiger partial charge in [-0.1, -0.05) is 20.3 Å². The van der Waals surface area contributed by atoms with Crippen LogP contribution >= 0.6 is 0 Å². The first-order valence-corrected chi connectivity index (χ1v) is 5.10. The van der Waals surface area contributed by atoms with E-state index in [9.17, 15) is 0 Å². The Morgan fingerprint density at radius 2 is 2.00 bits per heavy atom. The fourth-order valence-electron chi connectivity index (χ4n) is 1.49. The van der Waals surface area contributed by atoms with Crippen LogP contribution in [0.25, 0.3) is 0 Å². The molecule has 2 atom stereocenters. The summed E-state index contributed by atoms with van der Waals surface area (Å²) < 4.78 is 0. The highest BCUT2D eigenvalue weighted by Crippen LogP contribution is 2.33. The Kier molecular flexibility index (Phi) is 3.71. The molecule has 1 aliphatic rings. The number of hydrogen-bond acceptors (Lipinski definition) is 3. The van der Waals surface area contributed by atoms with Crippen molar-refractivity contribution in [3.8, 4) is 0 Å². The Morgan fingerprint density at radius 3 is 2.38 bits per heavy atom. The van der Waals surface area contributed by atoms with Crippen molar-refractivity contribution in [1.82, 2.24) is 5.32 Å². The summed E-state index contributed by atoms with van der Waals surface area (Å²) in [5, 5.41) is 21.5. The molecule has 1 aliphatic carbocycles. The zero-order valence-electron chi connectivity index (χ0n) is 8.58. The second kappa shape index (κ2) is 4.40. The molecule has 2 unspecified atom stereocenters. The summed E-state index contributed by atoms with van der Waals surface area (Å²) in [6.07, 6.45) is 2.48. The van der Waals surface area contributed by atoms with Crippen LogP contribution in [0.1, 0.15) is 26.7 Å². The average molecular weight is 187 g/mol. The molecule has 3 N–H and O–H groups in total. The van der Waals surface area contributed by atoms with Crippen molar-refractivity contribution in [1.29, 1.82) is 0 Å². The maximum atomic E-state index is 9.04. The zero-order chi connectivity index (χ0) is 9.90. The molecule has 0 heterocycles. The largest absolute Gasteiger partial charge is 0.396 e. The van der Waals surface area contributed by atoms with Gasteiger partial charge in [-0.3, -0.25) is 0 Å². The highest BCUT2D eigenvalue weighted by atomic mass is 16.3. The summed E-state index contributed by atoms with van der Waals surface area (Å²) in [5.41, 5.74) is -0.360. The molecule has 0 radical (unpaired) electrons. The molecule has 0 aromatic rings. The first-order chi connectivity index (χ1) is 6.15. The van der Waals surface area contributed by atoms with Crippen LogP contribution in [-0.4, -0.2) is 36.0 Å². The van der Waals surface area contributed by atoms with E-state index in [1.807, 2.05) is 6.92 Å². The van der Waals surface area contributed by atoms with Crippen molar-refractivity contribution in [2.24, 2.45) is 11.3 Å². The summed E-state index contributed by atoms with van der Waals surface area (Å²) in [6.45, 7) is 4.88. The zero-order valence-corrected chi connectivity index (χ0v) is 8.58. The number of nitrogens with one attached hydrogen (secondary N) is 1. The Morgan fingerprint density at radius 1 is 1.38 bits per heavy atom. The Bertz CT molecular complexity index is 157. The lowest BCUT2D eigenvalue weighted by Gasteiger charge is -2.24. The van der Waals surface area contributed by atoms with Crippen molar-refractivity contribution in [2.75, 3.05) is 19.8 Å². The van der Waals surface area contributed by atoms with Crippen LogP contribution in [0.3, 0.4) is 0 Å². The molecule has 1 saturated carbocycles. The maximum Gasteiger partial charge on any atom is 0.0518 e. The summed E-state index contributed by atoms with van der Waals surface area (Å²) in [7, 11) is 0. The van der Waals surface area contributed by atoms with E-state index in [-0.39, 0.29) is 18.6 Å². The molecular weight excluding hydrogens is 166 g/mol. The normalized spacial score (nSPS) is 27.7. The van der Waals surface area contributed by atoms with Gasteiger partial charge in [-0.05, 0) is 12.3 Å². The molecule has 1 fully saturated rings. The highest BCUT2D eigenvalue weighted by Gasteiger charge is 2.36. The third kappa shape index (κ3) is 2.93. The van der Waals surface area contributed by atoms with Gasteiger partial charge in [-0.25, -0.2) is 0 Å². The molecule has 78 valence electrons. The molecule has 13 heavy (non-hydrogen) atoms. The number of aliphatic hydroxyl groups is 2. The van der Waals surface area contributed by atoms with E-state index < -0.39 is 0 Å². The monoisotopic (exact) mass is 187 g/mol. The van der Waals surface area contributed by atoms with Crippen LogP contribution in [0, 0.1) is 11.3 Å². The van der Waals surface area contributed by atoms with E-state index in [0.717, 1.165) is 5.92 Å². The first-order valence-electron chi connectivity index (χ1n) is 5.10. The van der Waals surface area contributed by atoms with Crippen LogP contribution in [-0.2, 0) is 0 Å². The van der Waals surface area contributed by atoms with Gasteiger partial charge in [0.1, 0.15) is 0 Å². The summed E-state index contributed by atoms with van der Waals surface area (Å²) in [4.78, 5) is 0. The minimum absolute atomic E-state index is 0.0417. The second-order valence-corrected chi connectivity index (χ2v) is 4.52. The van der Waals surface area contributed by atoms with Crippen LogP contribution in [0.15, 0.2) is 0 Å². The minimum Gasteiger partial charge on any atom is -0.396 e. The second-order valence-electron chi connectivity index (χ2n) is 4.52. The number of hydrogen-bond donors (Lipinski definition) is 3. The number of rotatable bonds is 6. The van der Waals surface area contributed by atoms with Gasteiger partial charge in [0.25, 0.3) is 0 Å². The van der Waals surface area contributed by atoms with Crippen molar-refractivity contribution < 1.29 is 10.2 Å². The van der Waals surface area contributed by atoms with E-state index in [0.29, 0.717) is 12.6 Å². The van der Waals surface area contributed by atoms with Gasteiger partial charge in [0.05, 0.1) is 13.2 Å². The van der Waals surface area contributed by atoms with E-state index in [1.54, 1.807) is 0 Å². The molecule has 0 saturated heterocycles. The lowest BCUT2D eigenvalue weighted by Crippen LogP contribution is -2.39. The smallest absolute Gasteiger partial charge is 0.0518 e. The van der Waals surface area contributed by atoms with Crippen molar-refractivity contribution in [3.63, 3.8) is 0 Å². The Balaban J connectivity index is 2.18. The standard InChI is InChI=1S/C10H21NO2/c1-3-8-4-9(8)11-5-10(2,6-12)7-13/h8-9,11-13H,3-7H2,1-2H3. The van der Waals surface area contributed by atoms with Gasteiger partial charge in [-0.2, -0.15) is 0 Å². The fourth-order valence-corrected chi connectivity index (χ4v) is 1.49. The topological polar surface area (TPSA) is 52.5 Å². The van der Waals surface area contributed by atoms with Gasteiger partial charge in [0.2, 0.25) is 0 Å². The molecule has 3 heteroatoms. The van der Waals surface area contributed by atoms with Gasteiger partial charge >= 0.3 is 0 Å². The average Bonchev–Trinajstić information content (AvgIpc) is 2.93. The van der Waals surface area contributed by atoms with E-state index in [4.69, 9.17) is 10.2 Å². The fraction of sp³-hybridized carbons (Fsp3) is 1.00. The predicted octanol–water partition coefficient (Wildman–Crippen LogP) is 0.365. The van der Waals surface area contributed by atoms with Gasteiger partial charge in [-0.15, -0.1) is 0 Å². The van der Waals surface area contributed by atoms with Crippen molar-refractivity contribution in [3.05, 3.63) is 0 Å². The van der Waals surface area contributed by atoms with Gasteiger partial charge in [0, 0.05) is 18.0 Å². The summed E-state index contributed by atoms with van der Waals surface area (Å²) in [5.74, 6) is 0.821. The van der Waals surface area contributed by atoms with Crippen LogP contribution in [0.2, 0.25) is 0 Å². The highest BCUT2D eigenvalue weighted by molar-refractivity contribution is 4.93. The number of aliphatic hydroxyl groups excluding tert-OH is 2. The summed E-state index contributed by atoms with van der Waals surface area (Å²) in [6, 6.07) is 0.627. The first kappa shape index (κ1) is 11.0. The van der Waals surface area contributed by atoms with Crippen molar-refractivity contribution >= 4 is 0 Å². The van der Waals surface area contributed by atoms with E-state index >= 15 is 0 Å². The quantitative estimate of drug-likeness (QED) is 0.563. The van der Waals surface area contributed by atoms with Crippen molar-refractivity contribution in [2.45, 2.75) is 32.7 Å². The molecule has 3 nitrogen and oxygen atoms in total. The maximum absolute atomic E-state index is 9.04. The molecule has 0 aliphatic heterocycles. The minimum atomic E-state index is -0.360. The third-order valence-electron chi connectivity index (χ3n) is 3.00. The van der Waals surface area contributed by atoms with Crippen LogP contribution in [0.4, 0.5) is 0 Å². The third-order valence-corrected chi connectivity index (χ3v) is 3.00.